The van der Waals surface area contributed by atoms with Crippen LogP contribution in [0, 0.1) is 22.7 Å². The van der Waals surface area contributed by atoms with Gasteiger partial charge in [-0.05, 0) is 44.4 Å². The minimum atomic E-state index is -1.56. The van der Waals surface area contributed by atoms with Crippen LogP contribution in [0.2, 0.25) is 0 Å². The van der Waals surface area contributed by atoms with Crippen molar-refractivity contribution in [3.8, 4) is 0 Å². The Balaban J connectivity index is 1.72. The predicted octanol–water partition coefficient (Wildman–Crippen LogP) is 2.43. The van der Waals surface area contributed by atoms with Crippen LogP contribution in [-0.2, 0) is 14.3 Å². The summed E-state index contributed by atoms with van der Waals surface area (Å²) in [6, 6.07) is 8.58. The number of ketones is 1. The number of carbonyl (C=O) groups excluding carboxylic acids is 2. The molecule has 2 bridgehead atoms. The number of carbonyl (C=O) groups is 2. The first-order valence-corrected chi connectivity index (χ1v) is 12.1. The third kappa shape index (κ3) is 2.97. The van der Waals surface area contributed by atoms with Crippen molar-refractivity contribution in [1.82, 2.24) is 0 Å². The molecule has 0 amide bonds. The summed E-state index contributed by atoms with van der Waals surface area (Å²) in [7, 11) is 0. The van der Waals surface area contributed by atoms with Gasteiger partial charge in [0.2, 0.25) is 0 Å². The van der Waals surface area contributed by atoms with Crippen molar-refractivity contribution in [2.75, 3.05) is 6.61 Å². The van der Waals surface area contributed by atoms with Gasteiger partial charge in [-0.15, -0.1) is 0 Å². The van der Waals surface area contributed by atoms with Crippen molar-refractivity contribution in [2.24, 2.45) is 22.7 Å². The predicted molar refractivity (Wildman–Crippen MR) is 123 cm³/mol. The number of ether oxygens (including phenoxy) is 2. The van der Waals surface area contributed by atoms with E-state index in [0.717, 1.165) is 5.57 Å². The molecular weight excluding hydrogens is 436 g/mol. The Bertz CT molecular complexity index is 1050. The van der Waals surface area contributed by atoms with E-state index in [0.29, 0.717) is 30.6 Å². The molecule has 4 unspecified atom stereocenters. The minimum absolute atomic E-state index is 0.188. The van der Waals surface area contributed by atoms with Crippen LogP contribution in [-0.4, -0.2) is 63.7 Å². The van der Waals surface area contributed by atoms with E-state index in [9.17, 15) is 24.9 Å². The van der Waals surface area contributed by atoms with Gasteiger partial charge in [-0.3, -0.25) is 4.79 Å². The van der Waals surface area contributed by atoms with E-state index in [1.54, 1.807) is 37.3 Å². The number of rotatable bonds is 2. The molecule has 1 aromatic carbocycles. The minimum Gasteiger partial charge on any atom is -0.455 e. The molecule has 3 fully saturated rings. The fraction of sp³-hybridized carbons (Fsp3) is 0.630. The summed E-state index contributed by atoms with van der Waals surface area (Å²) in [5, 5.41) is 35.1. The van der Waals surface area contributed by atoms with Gasteiger partial charge in [0, 0.05) is 23.7 Å². The molecule has 1 heterocycles. The van der Waals surface area contributed by atoms with Gasteiger partial charge in [0.15, 0.2) is 5.78 Å². The smallest absolute Gasteiger partial charge is 0.338 e. The summed E-state index contributed by atoms with van der Waals surface area (Å²) >= 11 is 0. The van der Waals surface area contributed by atoms with Crippen molar-refractivity contribution in [3.63, 3.8) is 0 Å². The third-order valence-corrected chi connectivity index (χ3v) is 9.47. The Kier molecular flexibility index (Phi) is 5.37. The molecule has 1 aromatic rings. The maximum absolute atomic E-state index is 14.0. The molecule has 1 saturated heterocycles. The zero-order valence-corrected chi connectivity index (χ0v) is 20.2. The highest BCUT2D eigenvalue weighted by atomic mass is 16.6. The average Bonchev–Trinajstić information content (AvgIpc) is 2.79. The molecule has 1 aliphatic heterocycles. The highest BCUT2D eigenvalue weighted by molar-refractivity contribution is 5.93. The first-order chi connectivity index (χ1) is 15.9. The van der Waals surface area contributed by atoms with Crippen molar-refractivity contribution < 1.29 is 34.4 Å². The normalized spacial score (nSPS) is 43.1. The Hall–Kier alpha value is -2.06. The second-order valence-electron chi connectivity index (χ2n) is 11.3. The monoisotopic (exact) mass is 470 g/mol. The Morgan fingerprint density at radius 2 is 1.82 bits per heavy atom. The topological polar surface area (TPSA) is 113 Å². The van der Waals surface area contributed by atoms with Crippen LogP contribution in [0.3, 0.4) is 0 Å². The van der Waals surface area contributed by atoms with Gasteiger partial charge < -0.3 is 24.8 Å². The summed E-state index contributed by atoms with van der Waals surface area (Å²) in [5.41, 5.74) is -2.36. The van der Waals surface area contributed by atoms with Crippen LogP contribution in [0.5, 0.6) is 0 Å². The van der Waals surface area contributed by atoms with Gasteiger partial charge in [-0.1, -0.05) is 37.6 Å². The largest absolute Gasteiger partial charge is 0.455 e. The molecule has 0 aromatic heterocycles. The molecule has 0 spiro atoms. The van der Waals surface area contributed by atoms with Crippen LogP contribution in [0.25, 0.3) is 0 Å². The fourth-order valence-electron chi connectivity index (χ4n) is 7.24. The molecule has 7 heteroatoms. The standard InChI is InChI=1S/C27H34O7/c1-14-10-11-27(32)23(34-24(31)15-8-6-5-7-9-15)20-16-13-33-17(16)12-18(28)26(20,4)22(30)21(29)19(14)25(27,2)3/h5-9,16-18,20-21,23,28-29,32H,10-13H2,1-4H3/t16?,17?,18-,20?,21+,23-,26?,27+/m0/s1. The summed E-state index contributed by atoms with van der Waals surface area (Å²) in [6.45, 7) is 7.48. The van der Waals surface area contributed by atoms with Gasteiger partial charge in [0.25, 0.3) is 0 Å². The quantitative estimate of drug-likeness (QED) is 0.449. The lowest BCUT2D eigenvalue weighted by atomic mass is 9.46. The molecule has 4 aliphatic rings. The van der Waals surface area contributed by atoms with Crippen molar-refractivity contribution in [3.05, 3.63) is 47.0 Å². The van der Waals surface area contributed by atoms with Crippen LogP contribution in [0.15, 0.2) is 41.5 Å². The molecule has 3 aliphatic carbocycles. The lowest BCUT2D eigenvalue weighted by Gasteiger charge is -2.64. The number of fused-ring (bicyclic) bond motifs is 5. The van der Waals surface area contributed by atoms with E-state index in [-0.39, 0.29) is 18.4 Å². The first-order valence-electron chi connectivity index (χ1n) is 12.1. The Morgan fingerprint density at radius 3 is 2.44 bits per heavy atom. The van der Waals surface area contributed by atoms with E-state index >= 15 is 0 Å². The van der Waals surface area contributed by atoms with Gasteiger partial charge >= 0.3 is 5.97 Å². The second kappa shape index (κ2) is 7.72. The van der Waals surface area contributed by atoms with E-state index in [1.807, 2.05) is 20.8 Å². The fourth-order valence-corrected chi connectivity index (χ4v) is 7.24. The number of hydrogen-bond donors (Lipinski definition) is 3. The van der Waals surface area contributed by atoms with E-state index in [1.165, 1.54) is 0 Å². The summed E-state index contributed by atoms with van der Waals surface area (Å²) in [6.07, 6.45) is -2.89. The second-order valence-corrected chi connectivity index (χ2v) is 11.3. The Labute approximate surface area is 199 Å². The number of aliphatic hydroxyl groups excluding tert-OH is 2. The third-order valence-electron chi connectivity index (χ3n) is 9.47. The van der Waals surface area contributed by atoms with Crippen molar-refractivity contribution in [1.29, 1.82) is 0 Å². The molecule has 3 N–H and O–H groups in total. The maximum Gasteiger partial charge on any atom is 0.338 e. The highest BCUT2D eigenvalue weighted by Crippen LogP contribution is 2.61. The summed E-state index contributed by atoms with van der Waals surface area (Å²) in [5.74, 6) is -1.97. The van der Waals surface area contributed by atoms with Crippen LogP contribution in [0.4, 0.5) is 0 Å². The molecule has 0 radical (unpaired) electrons. The van der Waals surface area contributed by atoms with Gasteiger partial charge in [0.05, 0.1) is 29.8 Å². The van der Waals surface area contributed by atoms with E-state index < -0.39 is 52.4 Å². The summed E-state index contributed by atoms with van der Waals surface area (Å²) in [4.78, 5) is 27.3. The number of hydrogen-bond acceptors (Lipinski definition) is 7. The molecular formula is C27H34O7. The molecule has 184 valence electrons. The van der Waals surface area contributed by atoms with E-state index in [2.05, 4.69) is 0 Å². The zero-order valence-electron chi connectivity index (χ0n) is 20.2. The number of aliphatic hydroxyl groups is 3. The molecule has 5 rings (SSSR count). The average molecular weight is 471 g/mol. The lowest BCUT2D eigenvalue weighted by molar-refractivity contribution is -0.274. The number of esters is 1. The number of Topliss-reactive ketones (excluding diaryl/α,β-unsaturated/α-hetero) is 1. The van der Waals surface area contributed by atoms with E-state index in [4.69, 9.17) is 9.47 Å². The van der Waals surface area contributed by atoms with Gasteiger partial charge in [-0.25, -0.2) is 4.79 Å². The number of benzene rings is 1. The SMILES string of the molecule is CC1=C2[C@@H](O)C(=O)C3(C)C(C4COC4C[C@@H]3O)[C@H](OC(=O)c3ccccc3)[C@](O)(CC1)C2(C)C. The van der Waals surface area contributed by atoms with Crippen LogP contribution >= 0.6 is 0 Å². The van der Waals surface area contributed by atoms with Gasteiger partial charge in [0.1, 0.15) is 17.8 Å². The molecule has 34 heavy (non-hydrogen) atoms. The number of allylic oxidation sites excluding steroid dienone is 1. The van der Waals surface area contributed by atoms with Crippen LogP contribution < -0.4 is 0 Å². The first kappa shape index (κ1) is 23.7. The molecule has 8 atom stereocenters. The lowest BCUT2D eigenvalue weighted by Crippen LogP contribution is -2.74. The van der Waals surface area contributed by atoms with Crippen LogP contribution in [0.1, 0.15) is 57.3 Å². The Morgan fingerprint density at radius 1 is 1.15 bits per heavy atom. The molecule has 2 saturated carbocycles. The van der Waals surface area contributed by atoms with Crippen molar-refractivity contribution >= 4 is 11.8 Å². The van der Waals surface area contributed by atoms with Gasteiger partial charge in [-0.2, -0.15) is 0 Å². The maximum atomic E-state index is 14.0. The highest BCUT2D eigenvalue weighted by Gasteiger charge is 2.71. The van der Waals surface area contributed by atoms with Crippen molar-refractivity contribution in [2.45, 2.75) is 77.0 Å². The molecule has 7 nitrogen and oxygen atoms in total. The summed E-state index contributed by atoms with van der Waals surface area (Å²) < 4.78 is 11.9. The zero-order chi connectivity index (χ0) is 24.6.